The molecule has 0 saturated carbocycles. The van der Waals surface area contributed by atoms with E-state index in [-0.39, 0.29) is 105 Å². The molecule has 0 aromatic carbocycles. The third-order valence-electron chi connectivity index (χ3n) is 9.26. The summed E-state index contributed by atoms with van der Waals surface area (Å²) < 4.78 is 66.4. The first kappa shape index (κ1) is 63.2. The highest BCUT2D eigenvalue weighted by Crippen LogP contribution is 2.23. The predicted molar refractivity (Wildman–Crippen MR) is 245 cm³/mol. The molecule has 0 radical (unpaired) electrons. The van der Waals surface area contributed by atoms with Crippen molar-refractivity contribution in [2.45, 2.75) is 129 Å². The van der Waals surface area contributed by atoms with Gasteiger partial charge in [-0.05, 0) is 129 Å². The monoisotopic (exact) mass is 989 g/mol. The van der Waals surface area contributed by atoms with Crippen molar-refractivity contribution in [1.29, 1.82) is 0 Å². The molecule has 0 bridgehead atoms. The molecule has 0 N–H and O–H groups in total. The van der Waals surface area contributed by atoms with Crippen LogP contribution in [0.2, 0.25) is 0 Å². The summed E-state index contributed by atoms with van der Waals surface area (Å²) in [5.41, 5.74) is 29.3. The Hall–Kier alpha value is -5.84. The maximum absolute atomic E-state index is 12.5. The minimum absolute atomic E-state index is 0.108. The predicted octanol–water partition coefficient (Wildman–Crippen LogP) is 10.1. The van der Waals surface area contributed by atoms with Gasteiger partial charge in [0, 0.05) is 45.8 Å². The van der Waals surface area contributed by atoms with Crippen LogP contribution in [-0.2, 0) is 56.8 Å². The molecule has 0 unspecified atom stereocenters. The van der Waals surface area contributed by atoms with Crippen LogP contribution in [0.1, 0.15) is 107 Å². The minimum Gasteiger partial charge on any atom is -0.432 e. The van der Waals surface area contributed by atoms with Gasteiger partial charge in [-0.3, -0.25) is 0 Å². The van der Waals surface area contributed by atoms with Crippen molar-refractivity contribution in [2.75, 3.05) is 105 Å². The normalized spacial score (nSPS) is 12.3. The number of hydrogen-bond donors (Lipinski definition) is 0. The molecule has 0 atom stereocenters. The van der Waals surface area contributed by atoms with Gasteiger partial charge in [0.2, 0.25) is 0 Å². The topological polar surface area (TPSA) is 374 Å². The largest absolute Gasteiger partial charge is 0.508 e. The molecule has 0 aromatic rings. The van der Waals surface area contributed by atoms with E-state index in [0.29, 0.717) is 51.4 Å². The number of azide groups is 4. The minimum atomic E-state index is -1.13. The van der Waals surface area contributed by atoms with E-state index in [4.69, 9.17) is 79.0 Å². The second-order valence-electron chi connectivity index (χ2n) is 17.8. The van der Waals surface area contributed by atoms with Crippen LogP contribution in [0.5, 0.6) is 0 Å². The van der Waals surface area contributed by atoms with Gasteiger partial charge < -0.3 is 56.8 Å². The summed E-state index contributed by atoms with van der Waals surface area (Å²) in [5, 5.41) is 13.9. The summed E-state index contributed by atoms with van der Waals surface area (Å²) in [7, 11) is 0. The van der Waals surface area contributed by atoms with E-state index in [9.17, 15) is 19.2 Å². The van der Waals surface area contributed by atoms with E-state index < -0.39 is 52.4 Å². The van der Waals surface area contributed by atoms with Gasteiger partial charge in [0.15, 0.2) is 0 Å². The zero-order chi connectivity index (χ0) is 51.9. The highest BCUT2D eigenvalue weighted by atomic mass is 16.8. The molecule has 0 aromatic heterocycles. The van der Waals surface area contributed by atoms with Gasteiger partial charge in [-0.25, -0.2) is 19.2 Å². The standard InChI is InChI=1S/C41H72N12O16/c1-37(2,13-9-17-46-50-42)66-33(54)62-25-21-58-29-41(30-59-22-26-63-34(55)67-38(3,4)14-10-18-47-51-43,31-60-23-27-64-35(56)68-39(5,6)15-11-19-48-52-44)32-61-24-28-65-36(57)69-40(7,8)16-12-20-49-53-45/h9-32H2,1-8H3. The molecule has 0 fully saturated rings. The molecular weight excluding hydrogens is 917 g/mol. The Morgan fingerprint density at radius 2 is 0.565 bits per heavy atom. The summed E-state index contributed by atoms with van der Waals surface area (Å²) >= 11 is 0. The van der Waals surface area contributed by atoms with Gasteiger partial charge in [0.25, 0.3) is 0 Å². The van der Waals surface area contributed by atoms with Crippen LogP contribution in [0.25, 0.3) is 41.8 Å². The summed E-state index contributed by atoms with van der Waals surface area (Å²) in [4.78, 5) is 60.8. The van der Waals surface area contributed by atoms with Crippen LogP contribution in [0.3, 0.4) is 0 Å². The highest BCUT2D eigenvalue weighted by molar-refractivity contribution is 5.61. The first-order valence-corrected chi connectivity index (χ1v) is 22.4. The Kier molecular flexibility index (Phi) is 33.1. The van der Waals surface area contributed by atoms with E-state index in [1.165, 1.54) is 0 Å². The van der Waals surface area contributed by atoms with Crippen molar-refractivity contribution in [3.05, 3.63) is 41.8 Å². The molecule has 0 saturated heterocycles. The van der Waals surface area contributed by atoms with E-state index in [2.05, 4.69) is 40.1 Å². The molecule has 0 aliphatic rings. The molecule has 0 spiro atoms. The third kappa shape index (κ3) is 36.8. The lowest BCUT2D eigenvalue weighted by Crippen LogP contribution is -2.43. The Bertz CT molecular complexity index is 1470. The quantitative estimate of drug-likeness (QED) is 0.0137. The Balaban J connectivity index is 5.90. The molecule has 0 heterocycles. The third-order valence-corrected chi connectivity index (χ3v) is 9.26. The number of carbonyl (C=O) groups is 4. The van der Waals surface area contributed by atoms with Crippen molar-refractivity contribution >= 4 is 24.6 Å². The molecule has 0 aliphatic heterocycles. The fourth-order valence-corrected chi connectivity index (χ4v) is 5.85. The summed E-state index contributed by atoms with van der Waals surface area (Å²) in [6.07, 6.45) is -0.126. The van der Waals surface area contributed by atoms with Crippen molar-refractivity contribution in [3.63, 3.8) is 0 Å². The van der Waals surface area contributed by atoms with Crippen LogP contribution >= 0.6 is 0 Å². The van der Waals surface area contributed by atoms with Gasteiger partial charge in [-0.1, -0.05) is 20.5 Å². The molecule has 69 heavy (non-hydrogen) atoms. The highest BCUT2D eigenvalue weighted by Gasteiger charge is 2.34. The Morgan fingerprint density at radius 1 is 0.362 bits per heavy atom. The number of carbonyl (C=O) groups excluding carboxylic acids is 4. The maximum atomic E-state index is 12.5. The van der Waals surface area contributed by atoms with Gasteiger partial charge in [0.1, 0.15) is 48.8 Å². The van der Waals surface area contributed by atoms with Crippen LogP contribution in [0.15, 0.2) is 20.5 Å². The van der Waals surface area contributed by atoms with Crippen molar-refractivity contribution in [1.82, 2.24) is 0 Å². The lowest BCUT2D eigenvalue weighted by atomic mass is 9.92. The molecule has 392 valence electrons. The molecular formula is C41H72N12O16. The van der Waals surface area contributed by atoms with Crippen molar-refractivity contribution in [3.8, 4) is 0 Å². The molecule has 28 nitrogen and oxygen atoms in total. The smallest absolute Gasteiger partial charge is 0.432 e. The SMILES string of the molecule is CC(C)(CCCN=[N+]=[N-])OC(=O)OCCOCC(COCCOC(=O)OC(C)(C)CCCN=[N+]=[N-])(COCCOC(=O)OC(C)(C)CCCN=[N+]=[N-])COCCOC(=O)OC(C)(C)CCCN=[N+]=[N-]. The average molecular weight is 989 g/mol. The summed E-state index contributed by atoms with van der Waals surface area (Å²) in [5.74, 6) is 0. The zero-order valence-corrected chi connectivity index (χ0v) is 41.4. The second-order valence-corrected chi connectivity index (χ2v) is 17.8. The van der Waals surface area contributed by atoms with Crippen LogP contribution in [-0.4, -0.2) is 152 Å². The second kappa shape index (κ2) is 36.2. The number of hydrogen-bond acceptors (Lipinski definition) is 20. The fourth-order valence-electron chi connectivity index (χ4n) is 5.85. The van der Waals surface area contributed by atoms with Crippen molar-refractivity contribution < 1.29 is 76.0 Å². The van der Waals surface area contributed by atoms with Crippen LogP contribution < -0.4 is 0 Å². The zero-order valence-electron chi connectivity index (χ0n) is 41.4. The summed E-state index contributed by atoms with van der Waals surface area (Å²) in [6, 6.07) is 0. The molecule has 0 amide bonds. The van der Waals surface area contributed by atoms with E-state index in [1.54, 1.807) is 55.4 Å². The molecule has 28 heteroatoms. The van der Waals surface area contributed by atoms with E-state index in [1.807, 2.05) is 0 Å². The van der Waals surface area contributed by atoms with Crippen LogP contribution in [0.4, 0.5) is 19.2 Å². The first-order chi connectivity index (χ1) is 32.6. The molecule has 0 rings (SSSR count). The van der Waals surface area contributed by atoms with Gasteiger partial charge in [-0.2, -0.15) is 0 Å². The van der Waals surface area contributed by atoms with Gasteiger partial charge >= 0.3 is 24.6 Å². The van der Waals surface area contributed by atoms with Gasteiger partial charge in [-0.15, -0.1) is 0 Å². The van der Waals surface area contributed by atoms with E-state index in [0.717, 1.165) is 0 Å². The van der Waals surface area contributed by atoms with Gasteiger partial charge in [0.05, 0.1) is 58.3 Å². The number of ether oxygens (including phenoxy) is 12. The Morgan fingerprint density at radius 3 is 0.754 bits per heavy atom. The van der Waals surface area contributed by atoms with E-state index >= 15 is 0 Å². The lowest BCUT2D eigenvalue weighted by molar-refractivity contribution is -0.120. The lowest BCUT2D eigenvalue weighted by Gasteiger charge is -2.33. The first-order valence-electron chi connectivity index (χ1n) is 22.4. The molecule has 0 aliphatic carbocycles. The van der Waals surface area contributed by atoms with Crippen LogP contribution in [0, 0.1) is 5.41 Å². The Labute approximate surface area is 402 Å². The number of rotatable bonds is 40. The fraction of sp³-hybridized carbons (Fsp3) is 0.902. The summed E-state index contributed by atoms with van der Waals surface area (Å²) in [6.45, 7) is 12.7. The van der Waals surface area contributed by atoms with Crippen molar-refractivity contribution in [2.24, 2.45) is 25.9 Å². The maximum Gasteiger partial charge on any atom is 0.508 e. The number of nitrogens with zero attached hydrogens (tertiary/aromatic N) is 12. The average Bonchev–Trinajstić information content (AvgIpc) is 3.25.